The third-order valence-electron chi connectivity index (χ3n) is 3.70. The molecule has 0 bridgehead atoms. The summed E-state index contributed by atoms with van der Waals surface area (Å²) in [5.41, 5.74) is 1.19. The molecule has 0 atom stereocenters. The summed E-state index contributed by atoms with van der Waals surface area (Å²) in [6.45, 7) is 7.58. The van der Waals surface area contributed by atoms with Gasteiger partial charge in [0.05, 0.1) is 18.8 Å². The first kappa shape index (κ1) is 20.3. The second-order valence-corrected chi connectivity index (χ2v) is 7.42. The minimum absolute atomic E-state index is 0.210. The number of benzene rings is 2. The van der Waals surface area contributed by atoms with Crippen LogP contribution in [0, 0.1) is 5.92 Å². The smallest absolute Gasteiger partial charge is 0.259 e. The van der Waals surface area contributed by atoms with Crippen LogP contribution in [0.4, 0.5) is 5.69 Å². The Balaban J connectivity index is 2.12. The van der Waals surface area contributed by atoms with Gasteiger partial charge in [0.15, 0.2) is 0 Å². The Labute approximate surface area is 164 Å². The van der Waals surface area contributed by atoms with E-state index in [0.717, 1.165) is 23.1 Å². The van der Waals surface area contributed by atoms with E-state index < -0.39 is 0 Å². The summed E-state index contributed by atoms with van der Waals surface area (Å²) in [7, 11) is 0. The van der Waals surface area contributed by atoms with Crippen molar-refractivity contribution in [3.05, 3.63) is 52.5 Å². The molecule has 1 amide bonds. The molecule has 0 fully saturated rings. The summed E-state index contributed by atoms with van der Waals surface area (Å²) < 4.78 is 12.3. The van der Waals surface area contributed by atoms with Crippen LogP contribution in [-0.4, -0.2) is 19.1 Å². The first-order chi connectivity index (χ1) is 12.5. The van der Waals surface area contributed by atoms with Gasteiger partial charge in [-0.25, -0.2) is 0 Å². The van der Waals surface area contributed by atoms with Gasteiger partial charge in [-0.3, -0.25) is 4.79 Å². The van der Waals surface area contributed by atoms with Crippen LogP contribution in [0.5, 0.6) is 11.5 Å². The second-order valence-electron chi connectivity index (χ2n) is 6.50. The molecule has 0 aliphatic heterocycles. The largest absolute Gasteiger partial charge is 0.494 e. The first-order valence-electron chi connectivity index (χ1n) is 8.96. The SMILES string of the molecule is CCCOc1cccc(NC(=O)c2cc(Br)ccc2OCCC(C)C)c1. The number of rotatable bonds is 9. The monoisotopic (exact) mass is 419 g/mol. The van der Waals surface area contributed by atoms with Crippen molar-refractivity contribution in [1.29, 1.82) is 0 Å². The summed E-state index contributed by atoms with van der Waals surface area (Å²) in [6, 6.07) is 12.9. The molecule has 2 aromatic rings. The molecular formula is C21H26BrNO3. The van der Waals surface area contributed by atoms with Crippen LogP contribution < -0.4 is 14.8 Å². The summed E-state index contributed by atoms with van der Waals surface area (Å²) in [5, 5.41) is 2.92. The Morgan fingerprint density at radius 1 is 1.12 bits per heavy atom. The van der Waals surface area contributed by atoms with Gasteiger partial charge in [0.25, 0.3) is 5.91 Å². The van der Waals surface area contributed by atoms with Gasteiger partial charge in [-0.1, -0.05) is 42.8 Å². The molecule has 0 spiro atoms. The molecule has 0 unspecified atom stereocenters. The first-order valence-corrected chi connectivity index (χ1v) is 9.75. The summed E-state index contributed by atoms with van der Waals surface area (Å²) in [5.74, 6) is 1.67. The van der Waals surface area contributed by atoms with E-state index in [1.165, 1.54) is 0 Å². The van der Waals surface area contributed by atoms with Gasteiger partial charge in [-0.15, -0.1) is 0 Å². The Hall–Kier alpha value is -2.01. The zero-order valence-corrected chi connectivity index (χ0v) is 17.1. The molecule has 0 heterocycles. The van der Waals surface area contributed by atoms with Crippen LogP contribution in [0.25, 0.3) is 0 Å². The second kappa shape index (κ2) is 10.2. The molecule has 1 N–H and O–H groups in total. The van der Waals surface area contributed by atoms with E-state index >= 15 is 0 Å². The maximum atomic E-state index is 12.8. The number of anilines is 1. The van der Waals surface area contributed by atoms with Crippen LogP contribution in [0.1, 0.15) is 44.0 Å². The van der Waals surface area contributed by atoms with Crippen molar-refractivity contribution in [2.24, 2.45) is 5.92 Å². The van der Waals surface area contributed by atoms with E-state index in [0.29, 0.717) is 36.1 Å². The average molecular weight is 420 g/mol. The van der Waals surface area contributed by atoms with E-state index in [-0.39, 0.29) is 5.91 Å². The lowest BCUT2D eigenvalue weighted by Gasteiger charge is -2.14. The fourth-order valence-corrected chi connectivity index (χ4v) is 2.65. The van der Waals surface area contributed by atoms with E-state index in [4.69, 9.17) is 9.47 Å². The van der Waals surface area contributed by atoms with E-state index in [2.05, 4.69) is 42.0 Å². The van der Waals surface area contributed by atoms with Crippen LogP contribution in [0.3, 0.4) is 0 Å². The predicted molar refractivity (Wildman–Crippen MR) is 109 cm³/mol. The highest BCUT2D eigenvalue weighted by Gasteiger charge is 2.14. The van der Waals surface area contributed by atoms with Gasteiger partial charge in [-0.05, 0) is 49.1 Å². The zero-order valence-electron chi connectivity index (χ0n) is 15.5. The summed E-state index contributed by atoms with van der Waals surface area (Å²) >= 11 is 3.43. The third-order valence-corrected chi connectivity index (χ3v) is 4.20. The topological polar surface area (TPSA) is 47.6 Å². The van der Waals surface area contributed by atoms with Gasteiger partial charge in [-0.2, -0.15) is 0 Å². The summed E-state index contributed by atoms with van der Waals surface area (Å²) in [4.78, 5) is 12.8. The van der Waals surface area contributed by atoms with Crippen molar-refractivity contribution in [1.82, 2.24) is 0 Å². The Bertz CT molecular complexity index is 731. The van der Waals surface area contributed by atoms with E-state index in [9.17, 15) is 4.79 Å². The molecule has 5 heteroatoms. The highest BCUT2D eigenvalue weighted by atomic mass is 79.9. The number of ether oxygens (including phenoxy) is 2. The highest BCUT2D eigenvalue weighted by Crippen LogP contribution is 2.26. The third kappa shape index (κ3) is 6.37. The Morgan fingerprint density at radius 2 is 1.92 bits per heavy atom. The van der Waals surface area contributed by atoms with Crippen LogP contribution in [0.2, 0.25) is 0 Å². The molecule has 0 aliphatic carbocycles. The number of halogens is 1. The number of hydrogen-bond donors (Lipinski definition) is 1. The standard InChI is InChI=1S/C21H26BrNO3/c1-4-11-25-18-7-5-6-17(14-18)23-21(24)19-13-16(22)8-9-20(19)26-12-10-15(2)3/h5-9,13-15H,4,10-12H2,1-3H3,(H,23,24). The molecule has 0 radical (unpaired) electrons. The molecule has 0 saturated heterocycles. The van der Waals surface area contributed by atoms with Gasteiger partial charge in [0.1, 0.15) is 11.5 Å². The van der Waals surface area contributed by atoms with Crippen molar-refractivity contribution in [3.63, 3.8) is 0 Å². The lowest BCUT2D eigenvalue weighted by atomic mass is 10.1. The van der Waals surface area contributed by atoms with Crippen LogP contribution >= 0.6 is 15.9 Å². The number of carbonyl (C=O) groups excluding carboxylic acids is 1. The number of hydrogen-bond acceptors (Lipinski definition) is 3. The molecule has 4 nitrogen and oxygen atoms in total. The van der Waals surface area contributed by atoms with Crippen LogP contribution in [-0.2, 0) is 0 Å². The normalized spacial score (nSPS) is 10.7. The number of amides is 1. The molecule has 0 aromatic heterocycles. The maximum Gasteiger partial charge on any atom is 0.259 e. The lowest BCUT2D eigenvalue weighted by Crippen LogP contribution is -2.14. The number of carbonyl (C=O) groups is 1. The molecule has 2 aromatic carbocycles. The van der Waals surface area contributed by atoms with Crippen molar-refractivity contribution < 1.29 is 14.3 Å². The average Bonchev–Trinajstić information content (AvgIpc) is 2.61. The quantitative estimate of drug-likeness (QED) is 0.548. The van der Waals surface area contributed by atoms with Gasteiger partial charge < -0.3 is 14.8 Å². The van der Waals surface area contributed by atoms with Gasteiger partial charge >= 0.3 is 0 Å². The number of nitrogens with one attached hydrogen (secondary N) is 1. The van der Waals surface area contributed by atoms with Gasteiger partial charge in [0.2, 0.25) is 0 Å². The van der Waals surface area contributed by atoms with E-state index in [1.54, 1.807) is 6.07 Å². The Morgan fingerprint density at radius 3 is 2.65 bits per heavy atom. The van der Waals surface area contributed by atoms with Crippen molar-refractivity contribution in [3.8, 4) is 11.5 Å². The highest BCUT2D eigenvalue weighted by molar-refractivity contribution is 9.10. The van der Waals surface area contributed by atoms with Crippen molar-refractivity contribution in [2.75, 3.05) is 18.5 Å². The summed E-state index contributed by atoms with van der Waals surface area (Å²) in [6.07, 6.45) is 1.87. The molecule has 0 saturated carbocycles. The van der Waals surface area contributed by atoms with Crippen molar-refractivity contribution >= 4 is 27.5 Å². The fourth-order valence-electron chi connectivity index (χ4n) is 2.29. The lowest BCUT2D eigenvalue weighted by molar-refractivity contribution is 0.102. The molecule has 2 rings (SSSR count). The molecule has 140 valence electrons. The zero-order chi connectivity index (χ0) is 18.9. The van der Waals surface area contributed by atoms with Crippen LogP contribution in [0.15, 0.2) is 46.9 Å². The van der Waals surface area contributed by atoms with E-state index in [1.807, 2.05) is 36.4 Å². The Kier molecular flexibility index (Phi) is 7.98. The molecule has 26 heavy (non-hydrogen) atoms. The van der Waals surface area contributed by atoms with Crippen molar-refractivity contribution in [2.45, 2.75) is 33.6 Å². The maximum absolute atomic E-state index is 12.8. The minimum Gasteiger partial charge on any atom is -0.494 e. The minimum atomic E-state index is -0.210. The molecule has 0 aliphatic rings. The van der Waals surface area contributed by atoms with Gasteiger partial charge in [0, 0.05) is 16.2 Å². The molecular weight excluding hydrogens is 394 g/mol. The predicted octanol–water partition coefficient (Wildman–Crippen LogP) is 5.92. The fraction of sp³-hybridized carbons (Fsp3) is 0.381.